The third-order valence-electron chi connectivity index (χ3n) is 1.89. The second kappa shape index (κ2) is 4.45. The molecule has 0 spiro atoms. The van der Waals surface area contributed by atoms with E-state index in [9.17, 15) is 26.7 Å². The highest BCUT2D eigenvalue weighted by molar-refractivity contribution is 5.81. The molecule has 0 atom stereocenters. The molecule has 0 aliphatic rings. The van der Waals surface area contributed by atoms with Gasteiger partial charge in [0.05, 0.1) is 0 Å². The molecule has 0 aliphatic heterocycles. The van der Waals surface area contributed by atoms with Gasteiger partial charge in [-0.25, -0.2) is 13.8 Å². The van der Waals surface area contributed by atoms with E-state index in [1.807, 2.05) is 0 Å². The van der Waals surface area contributed by atoms with E-state index in [2.05, 4.69) is 4.98 Å². The number of hydrogen-bond donors (Lipinski definition) is 0. The predicted octanol–water partition coefficient (Wildman–Crippen LogP) is 2.72. The first-order chi connectivity index (χ1) is 7.82. The molecule has 0 radical (unpaired) electrons. The number of hydrogen-bond acceptors (Lipinski definition) is 3. The van der Waals surface area contributed by atoms with Gasteiger partial charge in [0.25, 0.3) is 6.43 Å². The van der Waals surface area contributed by atoms with Crippen LogP contribution in [-0.2, 0) is 6.18 Å². The second-order valence-corrected chi connectivity index (χ2v) is 2.88. The van der Waals surface area contributed by atoms with Crippen LogP contribution in [-0.4, -0.2) is 11.3 Å². The van der Waals surface area contributed by atoms with Gasteiger partial charge in [0.1, 0.15) is 11.6 Å². The largest absolute Gasteiger partial charge is 0.419 e. The van der Waals surface area contributed by atoms with Crippen LogP contribution in [0.25, 0.3) is 0 Å². The van der Waals surface area contributed by atoms with Gasteiger partial charge in [-0.15, -0.1) is 0 Å². The molecule has 0 N–H and O–H groups in total. The maximum atomic E-state index is 12.5. The Balaban J connectivity index is 3.68. The van der Waals surface area contributed by atoms with E-state index < -0.39 is 35.0 Å². The quantitative estimate of drug-likeness (QED) is 0.599. The Morgan fingerprint density at radius 2 is 2.00 bits per heavy atom. The minimum atomic E-state index is -5.10. The smallest absolute Gasteiger partial charge is 0.298 e. The number of halogens is 5. The predicted molar refractivity (Wildman–Crippen MR) is 44.3 cm³/mol. The van der Waals surface area contributed by atoms with Crippen LogP contribution < -0.4 is 0 Å². The molecule has 0 bridgehead atoms. The third-order valence-corrected chi connectivity index (χ3v) is 1.89. The molecule has 0 saturated carbocycles. The number of alkyl halides is 5. The summed E-state index contributed by atoms with van der Waals surface area (Å²) in [4.78, 5) is 13.5. The van der Waals surface area contributed by atoms with E-state index in [-0.39, 0.29) is 6.29 Å². The fourth-order valence-corrected chi connectivity index (χ4v) is 1.21. The lowest BCUT2D eigenvalue weighted by Crippen LogP contribution is -2.15. The molecular weight excluding hydrogens is 247 g/mol. The van der Waals surface area contributed by atoms with Gasteiger partial charge in [-0.05, 0) is 0 Å². The van der Waals surface area contributed by atoms with Crippen molar-refractivity contribution in [2.45, 2.75) is 12.6 Å². The van der Waals surface area contributed by atoms with Gasteiger partial charge in [0.2, 0.25) is 0 Å². The zero-order valence-corrected chi connectivity index (χ0v) is 7.92. The van der Waals surface area contributed by atoms with Crippen molar-refractivity contribution in [3.8, 4) is 6.07 Å². The van der Waals surface area contributed by atoms with Gasteiger partial charge >= 0.3 is 6.18 Å². The van der Waals surface area contributed by atoms with Crippen molar-refractivity contribution in [1.82, 2.24) is 4.98 Å². The molecule has 1 aromatic heterocycles. The van der Waals surface area contributed by atoms with Crippen molar-refractivity contribution < 1.29 is 26.7 Å². The molecule has 90 valence electrons. The highest BCUT2D eigenvalue weighted by Crippen LogP contribution is 2.36. The molecule has 0 unspecified atom stereocenters. The summed E-state index contributed by atoms with van der Waals surface area (Å²) < 4.78 is 62.3. The van der Waals surface area contributed by atoms with Crippen molar-refractivity contribution in [2.24, 2.45) is 0 Å². The van der Waals surface area contributed by atoms with E-state index in [1.54, 1.807) is 0 Å². The van der Waals surface area contributed by atoms with Crippen molar-refractivity contribution in [3.63, 3.8) is 0 Å². The average molecular weight is 250 g/mol. The van der Waals surface area contributed by atoms with Crippen LogP contribution in [0, 0.1) is 11.3 Å². The topological polar surface area (TPSA) is 53.8 Å². The van der Waals surface area contributed by atoms with Gasteiger partial charge < -0.3 is 0 Å². The molecular formula is C9H3F5N2O. The number of aromatic nitrogens is 1. The summed E-state index contributed by atoms with van der Waals surface area (Å²) in [7, 11) is 0. The fraction of sp³-hybridized carbons (Fsp3) is 0.222. The van der Waals surface area contributed by atoms with Gasteiger partial charge in [-0.3, -0.25) is 4.79 Å². The average Bonchev–Trinajstić information content (AvgIpc) is 2.25. The van der Waals surface area contributed by atoms with E-state index in [1.165, 1.54) is 0 Å². The number of pyridine rings is 1. The Morgan fingerprint density at radius 1 is 1.41 bits per heavy atom. The van der Waals surface area contributed by atoms with Crippen LogP contribution in [0.3, 0.4) is 0 Å². The van der Waals surface area contributed by atoms with Crippen LogP contribution in [0.4, 0.5) is 22.0 Å². The van der Waals surface area contributed by atoms with Crippen molar-refractivity contribution in [2.75, 3.05) is 0 Å². The number of carbonyl (C=O) groups excluding carboxylic acids is 1. The van der Waals surface area contributed by atoms with Gasteiger partial charge in [-0.2, -0.15) is 18.4 Å². The van der Waals surface area contributed by atoms with Crippen LogP contribution >= 0.6 is 0 Å². The monoisotopic (exact) mass is 250 g/mol. The molecule has 0 aromatic carbocycles. The summed E-state index contributed by atoms with van der Waals surface area (Å²) in [6.07, 6.45) is -8.34. The molecule has 0 saturated heterocycles. The Labute approximate surface area is 91.5 Å². The Morgan fingerprint density at radius 3 is 2.35 bits per heavy atom. The van der Waals surface area contributed by atoms with Crippen molar-refractivity contribution >= 4 is 6.29 Å². The fourth-order valence-electron chi connectivity index (χ4n) is 1.21. The first kappa shape index (κ1) is 13.0. The molecule has 3 nitrogen and oxygen atoms in total. The van der Waals surface area contributed by atoms with Gasteiger partial charge in [0.15, 0.2) is 12.0 Å². The number of nitrogens with zero attached hydrogens (tertiary/aromatic N) is 2. The van der Waals surface area contributed by atoms with E-state index in [0.717, 1.165) is 6.07 Å². The number of aldehydes is 1. The first-order valence-corrected chi connectivity index (χ1v) is 4.06. The lowest BCUT2D eigenvalue weighted by atomic mass is 10.0. The van der Waals surface area contributed by atoms with E-state index >= 15 is 0 Å². The second-order valence-electron chi connectivity index (χ2n) is 2.88. The summed E-state index contributed by atoms with van der Waals surface area (Å²) in [6.45, 7) is 0. The van der Waals surface area contributed by atoms with Crippen LogP contribution in [0.1, 0.15) is 33.6 Å². The van der Waals surface area contributed by atoms with Crippen LogP contribution in [0.5, 0.6) is 0 Å². The maximum absolute atomic E-state index is 12.5. The molecule has 0 fully saturated rings. The summed E-state index contributed by atoms with van der Waals surface area (Å²) in [6, 6.07) is 1.11. The highest BCUT2D eigenvalue weighted by atomic mass is 19.4. The van der Waals surface area contributed by atoms with E-state index in [0.29, 0.717) is 6.20 Å². The molecule has 1 rings (SSSR count). The minimum Gasteiger partial charge on any atom is -0.298 e. The molecule has 0 aliphatic carbocycles. The molecule has 8 heteroatoms. The molecule has 1 aromatic rings. The highest BCUT2D eigenvalue weighted by Gasteiger charge is 2.39. The van der Waals surface area contributed by atoms with E-state index in [4.69, 9.17) is 5.26 Å². The summed E-state index contributed by atoms with van der Waals surface area (Å²) >= 11 is 0. The lowest BCUT2D eigenvalue weighted by Gasteiger charge is -2.13. The molecule has 1 heterocycles. The third kappa shape index (κ3) is 2.38. The molecule has 0 amide bonds. The Hall–Kier alpha value is -2.04. The summed E-state index contributed by atoms with van der Waals surface area (Å²) in [5.74, 6) is 0. The van der Waals surface area contributed by atoms with Crippen LogP contribution in [0.15, 0.2) is 6.20 Å². The number of nitriles is 1. The normalized spacial score (nSPS) is 11.4. The minimum absolute atomic E-state index is 0.354. The number of rotatable bonds is 2. The van der Waals surface area contributed by atoms with Crippen molar-refractivity contribution in [3.05, 3.63) is 28.6 Å². The SMILES string of the molecule is N#Cc1ncc(C(F)F)c(C=O)c1C(F)(F)F. The maximum Gasteiger partial charge on any atom is 0.419 e. The summed E-state index contributed by atoms with van der Waals surface area (Å²) in [5, 5.41) is 8.42. The van der Waals surface area contributed by atoms with Gasteiger partial charge in [0, 0.05) is 17.3 Å². The zero-order chi connectivity index (χ0) is 13.2. The van der Waals surface area contributed by atoms with Crippen molar-refractivity contribution in [1.29, 1.82) is 5.26 Å². The summed E-state index contributed by atoms with van der Waals surface area (Å²) in [5.41, 5.74) is -5.23. The first-order valence-electron chi connectivity index (χ1n) is 4.06. The molecule has 17 heavy (non-hydrogen) atoms. The lowest BCUT2D eigenvalue weighted by molar-refractivity contribution is -0.138. The zero-order valence-electron chi connectivity index (χ0n) is 7.92. The Bertz CT molecular complexity index is 489. The van der Waals surface area contributed by atoms with Crippen LogP contribution in [0.2, 0.25) is 0 Å². The standard InChI is InChI=1S/C9H3F5N2O/c10-8(11)4-2-16-6(1-15)7(5(4)3-17)9(12,13)14/h2-3,8H. The number of carbonyl (C=O) groups is 1. The Kier molecular flexibility index (Phi) is 3.41. The van der Waals surface area contributed by atoms with Gasteiger partial charge in [-0.1, -0.05) is 0 Å².